The van der Waals surface area contributed by atoms with Crippen LogP contribution >= 0.6 is 0 Å². The van der Waals surface area contributed by atoms with E-state index < -0.39 is 34.4 Å². The third-order valence-electron chi connectivity index (χ3n) is 7.38. The molecule has 3 aromatic carbocycles. The lowest BCUT2D eigenvalue weighted by Gasteiger charge is -2.33. The number of hydrogen-bond donors (Lipinski definition) is 0. The fourth-order valence-corrected chi connectivity index (χ4v) is 5.70. The second-order valence-electron chi connectivity index (χ2n) is 9.46. The smallest absolute Gasteiger partial charge is 0.291 e. The van der Waals surface area contributed by atoms with Gasteiger partial charge in [-0.2, -0.15) is 0 Å². The molecule has 0 saturated carbocycles. The first-order valence-corrected chi connectivity index (χ1v) is 12.2. The molecule has 2 aliphatic rings. The van der Waals surface area contributed by atoms with Crippen molar-refractivity contribution >= 4 is 28.5 Å². The lowest BCUT2D eigenvalue weighted by Crippen LogP contribution is -2.52. The molecular weight excluding hydrogens is 506 g/mol. The number of halogens is 2. The van der Waals surface area contributed by atoms with Gasteiger partial charge >= 0.3 is 0 Å². The highest BCUT2D eigenvalue weighted by Gasteiger charge is 2.65. The van der Waals surface area contributed by atoms with Gasteiger partial charge in [0.25, 0.3) is 11.8 Å². The zero-order valence-corrected chi connectivity index (χ0v) is 20.2. The third kappa shape index (κ3) is 3.10. The molecule has 192 valence electrons. The van der Waals surface area contributed by atoms with Crippen LogP contribution in [0.4, 0.5) is 14.5 Å². The summed E-state index contributed by atoms with van der Waals surface area (Å²) >= 11 is 0. The van der Waals surface area contributed by atoms with E-state index in [2.05, 4.69) is 0 Å². The average molecular weight is 524 g/mol. The molecule has 2 aromatic heterocycles. The summed E-state index contributed by atoms with van der Waals surface area (Å²) in [6.45, 7) is -0.302. The van der Waals surface area contributed by atoms with E-state index in [1.54, 1.807) is 54.6 Å². The molecule has 4 heterocycles. The molecule has 1 atom stereocenters. The maximum absolute atomic E-state index is 14.7. The van der Waals surface area contributed by atoms with Crippen LogP contribution in [0.3, 0.4) is 0 Å². The molecule has 0 saturated heterocycles. The van der Waals surface area contributed by atoms with Gasteiger partial charge in [-0.3, -0.25) is 14.4 Å². The molecule has 0 radical (unpaired) electrons. The predicted molar refractivity (Wildman–Crippen MR) is 136 cm³/mol. The normalized spacial score (nSPS) is 17.9. The van der Waals surface area contributed by atoms with Crippen molar-refractivity contribution in [3.05, 3.63) is 135 Å². The fraction of sp³-hybridized carbons (Fsp3) is 0.100. The molecule has 0 fully saturated rings. The average Bonchev–Trinajstić information content (AvgIpc) is 3.60. The van der Waals surface area contributed by atoms with Gasteiger partial charge in [0, 0.05) is 11.1 Å². The Kier molecular flexibility index (Phi) is 4.87. The van der Waals surface area contributed by atoms with E-state index in [9.17, 15) is 23.2 Å². The van der Waals surface area contributed by atoms with Crippen LogP contribution in [0, 0.1) is 11.6 Å². The highest BCUT2D eigenvalue weighted by Crippen LogP contribution is 2.53. The fourth-order valence-electron chi connectivity index (χ4n) is 5.70. The van der Waals surface area contributed by atoms with Crippen LogP contribution in [-0.2, 0) is 23.4 Å². The zero-order chi connectivity index (χ0) is 26.9. The molecule has 9 heteroatoms. The van der Waals surface area contributed by atoms with Crippen LogP contribution in [-0.4, -0.2) is 16.7 Å². The molecule has 0 aliphatic carbocycles. The molecule has 7 nitrogen and oxygen atoms in total. The van der Waals surface area contributed by atoms with E-state index in [1.807, 2.05) is 0 Å². The summed E-state index contributed by atoms with van der Waals surface area (Å²) in [5, 5.41) is -0.0985. The topological polar surface area (TPSA) is 84.0 Å². The van der Waals surface area contributed by atoms with E-state index >= 15 is 0 Å². The minimum absolute atomic E-state index is 0.0189. The van der Waals surface area contributed by atoms with Crippen molar-refractivity contribution in [3.63, 3.8) is 0 Å². The van der Waals surface area contributed by atoms with E-state index in [0.717, 1.165) is 12.1 Å². The molecule has 0 N–H and O–H groups in total. The molecule has 39 heavy (non-hydrogen) atoms. The Hall–Kier alpha value is -5.05. The highest BCUT2D eigenvalue weighted by molar-refractivity contribution is 6.17. The van der Waals surface area contributed by atoms with Gasteiger partial charge in [0.1, 0.15) is 23.0 Å². The minimum atomic E-state index is -1.94. The van der Waals surface area contributed by atoms with E-state index in [1.165, 1.54) is 28.2 Å². The van der Waals surface area contributed by atoms with E-state index in [4.69, 9.17) is 8.83 Å². The number of fused-ring (bicyclic) bond motifs is 5. The van der Waals surface area contributed by atoms with Crippen LogP contribution in [0.2, 0.25) is 0 Å². The zero-order valence-electron chi connectivity index (χ0n) is 20.2. The SMILES string of the molecule is O=C1c2oc3ccc(F)cc3c(=O)c2C2(C(=O)N(Cc3ccccc3F)c3ccccc32)N1Cc1ccco1. The monoisotopic (exact) mass is 524 g/mol. The van der Waals surface area contributed by atoms with Gasteiger partial charge in [-0.15, -0.1) is 0 Å². The number of nitrogens with zero attached hydrogens (tertiary/aromatic N) is 2. The van der Waals surface area contributed by atoms with Crippen molar-refractivity contribution in [2.75, 3.05) is 4.90 Å². The van der Waals surface area contributed by atoms with Crippen LogP contribution in [0.5, 0.6) is 0 Å². The van der Waals surface area contributed by atoms with Gasteiger partial charge in [0.15, 0.2) is 11.0 Å². The van der Waals surface area contributed by atoms with Crippen molar-refractivity contribution in [3.8, 4) is 0 Å². The standard InChI is InChI=1S/C30H18F2N2O5/c31-18-11-12-24-20(14-18)26(35)25-27(39-24)28(36)34(16-19-7-5-13-38-19)30(25)21-8-2-4-10-23(21)33(29(30)37)15-17-6-1-3-9-22(17)32/h1-14H,15-16H2. The first kappa shape index (κ1) is 23.1. The Morgan fingerprint density at radius 1 is 0.846 bits per heavy atom. The van der Waals surface area contributed by atoms with Gasteiger partial charge in [-0.1, -0.05) is 36.4 Å². The summed E-state index contributed by atoms with van der Waals surface area (Å²) in [5.41, 5.74) is -1.80. The van der Waals surface area contributed by atoms with E-state index in [-0.39, 0.29) is 40.9 Å². The second-order valence-corrected chi connectivity index (χ2v) is 9.46. The summed E-state index contributed by atoms with van der Waals surface area (Å²) < 4.78 is 40.3. The number of benzene rings is 3. The maximum Gasteiger partial charge on any atom is 0.291 e. The number of hydrogen-bond acceptors (Lipinski definition) is 5. The van der Waals surface area contributed by atoms with Crippen molar-refractivity contribution in [1.82, 2.24) is 4.90 Å². The highest BCUT2D eigenvalue weighted by atomic mass is 19.1. The van der Waals surface area contributed by atoms with Crippen molar-refractivity contribution in [1.29, 1.82) is 0 Å². The van der Waals surface area contributed by atoms with Gasteiger partial charge < -0.3 is 18.6 Å². The molecule has 2 amide bonds. The lowest BCUT2D eigenvalue weighted by atomic mass is 9.84. The van der Waals surface area contributed by atoms with Crippen LogP contribution < -0.4 is 10.3 Å². The van der Waals surface area contributed by atoms with Crippen molar-refractivity contribution < 1.29 is 27.2 Å². The number of carbonyl (C=O) groups excluding carboxylic acids is 2. The first-order chi connectivity index (χ1) is 18.9. The Labute approximate surface area is 219 Å². The number of amides is 2. The third-order valence-corrected chi connectivity index (χ3v) is 7.38. The Morgan fingerprint density at radius 3 is 2.44 bits per heavy atom. The number of para-hydroxylation sites is 1. The van der Waals surface area contributed by atoms with Gasteiger partial charge in [0.2, 0.25) is 5.76 Å². The first-order valence-electron chi connectivity index (χ1n) is 12.2. The number of carbonyl (C=O) groups is 2. The largest absolute Gasteiger partial charge is 0.467 e. The number of anilines is 1. The number of furan rings is 1. The summed E-state index contributed by atoms with van der Waals surface area (Å²) in [6, 6.07) is 19.5. The van der Waals surface area contributed by atoms with Crippen LogP contribution in [0.15, 0.2) is 98.8 Å². The van der Waals surface area contributed by atoms with Gasteiger partial charge in [-0.05, 0) is 42.5 Å². The Bertz CT molecular complexity index is 1880. The molecule has 1 spiro atoms. The van der Waals surface area contributed by atoms with Gasteiger partial charge in [-0.25, -0.2) is 8.78 Å². The summed E-state index contributed by atoms with van der Waals surface area (Å²) in [4.78, 5) is 45.2. The number of rotatable bonds is 4. The summed E-state index contributed by atoms with van der Waals surface area (Å²) in [7, 11) is 0. The Morgan fingerprint density at radius 2 is 1.64 bits per heavy atom. The predicted octanol–water partition coefficient (Wildman–Crippen LogP) is 5.11. The second kappa shape index (κ2) is 8.22. The van der Waals surface area contributed by atoms with Crippen molar-refractivity contribution in [2.45, 2.75) is 18.6 Å². The van der Waals surface area contributed by atoms with Gasteiger partial charge in [0.05, 0.1) is 36.0 Å². The van der Waals surface area contributed by atoms with Crippen molar-refractivity contribution in [2.24, 2.45) is 0 Å². The summed E-state index contributed by atoms with van der Waals surface area (Å²) in [6.07, 6.45) is 1.44. The molecule has 5 aromatic rings. The molecule has 0 bridgehead atoms. The molecular formula is C30H18F2N2O5. The molecule has 1 unspecified atom stereocenters. The summed E-state index contributed by atoms with van der Waals surface area (Å²) in [5.74, 6) is -2.42. The lowest BCUT2D eigenvalue weighted by molar-refractivity contribution is -0.126. The minimum Gasteiger partial charge on any atom is -0.467 e. The quantitative estimate of drug-likeness (QED) is 0.326. The maximum atomic E-state index is 14.7. The van der Waals surface area contributed by atoms with Crippen LogP contribution in [0.25, 0.3) is 11.0 Å². The molecule has 7 rings (SSSR count). The molecule has 2 aliphatic heterocycles. The Balaban J connectivity index is 1.53. The van der Waals surface area contributed by atoms with E-state index in [0.29, 0.717) is 17.0 Å². The van der Waals surface area contributed by atoms with Crippen LogP contribution in [0.1, 0.15) is 33.0 Å².